The van der Waals surface area contributed by atoms with Crippen LogP contribution in [0.3, 0.4) is 0 Å². The molecule has 4 fully saturated rings. The summed E-state index contributed by atoms with van der Waals surface area (Å²) in [5, 5.41) is 12.4. The molecule has 0 bridgehead atoms. The molecule has 6 amide bonds. The fraction of sp³-hybridized carbons (Fsp3) is 0.545. The minimum Gasteiger partial charge on any atom is -0.343 e. The molecule has 0 unspecified atom stereocenters. The molecule has 8 rings (SSSR count). The molecule has 430 valence electrons. The van der Waals surface area contributed by atoms with Gasteiger partial charge in [-0.1, -0.05) is 123 Å². The zero-order chi connectivity index (χ0) is 56.4. The van der Waals surface area contributed by atoms with E-state index in [9.17, 15) is 28.8 Å². The molecular formula is C66H90N8O6. The Labute approximate surface area is 476 Å². The summed E-state index contributed by atoms with van der Waals surface area (Å²) in [6.07, 6.45) is 16.6. The van der Waals surface area contributed by atoms with E-state index in [1.165, 1.54) is 0 Å². The molecule has 2 aliphatic heterocycles. The molecule has 4 aromatic rings. The van der Waals surface area contributed by atoms with Crippen molar-refractivity contribution in [1.29, 1.82) is 0 Å². The fourth-order valence-electron chi connectivity index (χ4n) is 12.7. The Morgan fingerprint density at radius 3 is 1.16 bits per heavy atom. The van der Waals surface area contributed by atoms with Crippen molar-refractivity contribution < 1.29 is 28.8 Å². The fourth-order valence-corrected chi connectivity index (χ4v) is 12.7. The number of likely N-dealkylation sites (N-methyl/N-ethyl adjacent to an activating group) is 2. The Morgan fingerprint density at radius 2 is 0.812 bits per heavy atom. The first-order valence-electron chi connectivity index (χ1n) is 30.4. The van der Waals surface area contributed by atoms with Crippen molar-refractivity contribution >= 4 is 35.4 Å². The smallest absolute Gasteiger partial charge is 0.253 e. The number of hydrogen-bond donors (Lipinski definition) is 4. The Kier molecular flexibility index (Phi) is 22.3. The van der Waals surface area contributed by atoms with Crippen molar-refractivity contribution in [1.82, 2.24) is 40.9 Å². The maximum atomic E-state index is 14.8. The largest absolute Gasteiger partial charge is 0.343 e. The van der Waals surface area contributed by atoms with Crippen LogP contribution in [0, 0.1) is 11.8 Å². The Bertz CT molecular complexity index is 2440. The summed E-state index contributed by atoms with van der Waals surface area (Å²) in [5.74, 6) is -0.454. The number of carbonyl (C=O) groups is 6. The molecule has 0 aromatic heterocycles. The van der Waals surface area contributed by atoms with Crippen LogP contribution in [0.25, 0.3) is 11.1 Å². The van der Waals surface area contributed by atoms with E-state index < -0.39 is 24.2 Å². The van der Waals surface area contributed by atoms with Gasteiger partial charge < -0.3 is 40.9 Å². The molecule has 14 nitrogen and oxygen atoms in total. The second kappa shape index (κ2) is 29.9. The summed E-state index contributed by atoms with van der Waals surface area (Å²) in [6, 6.07) is 33.3. The van der Waals surface area contributed by atoms with E-state index in [1.807, 2.05) is 118 Å². The van der Waals surface area contributed by atoms with Crippen molar-refractivity contribution in [2.45, 2.75) is 166 Å². The molecule has 14 heteroatoms. The number of rotatable bonds is 23. The normalized spacial score (nSPS) is 19.7. The van der Waals surface area contributed by atoms with E-state index in [1.54, 1.807) is 14.1 Å². The maximum Gasteiger partial charge on any atom is 0.253 e. The average Bonchev–Trinajstić information content (AvgIpc) is 3.55. The highest BCUT2D eigenvalue weighted by Gasteiger charge is 2.41. The van der Waals surface area contributed by atoms with Gasteiger partial charge in [0.2, 0.25) is 23.6 Å². The number of nitrogens with zero attached hydrogens (tertiary/aromatic N) is 4. The lowest BCUT2D eigenvalue weighted by atomic mass is 9.82. The number of piperidine rings is 2. The van der Waals surface area contributed by atoms with E-state index in [0.717, 1.165) is 125 Å². The summed E-state index contributed by atoms with van der Waals surface area (Å²) in [6.45, 7) is 6.55. The zero-order valence-corrected chi connectivity index (χ0v) is 48.2. The SMILES string of the molecule is CN[C@@H](C)C(=O)N[C@H](C(=O)N1CCCC[C@H]1CN(CCc1ccccc1)C(=O)c1ccc(-c2ccc(C(=O)N(CCc3ccccc3)C[C@@H]3CCCCN3C(=O)[C@@H](NC(=O)[C@H](C)NC)C3CCCCC3)cc2)cc1)C1CCCCC1. The lowest BCUT2D eigenvalue weighted by Gasteiger charge is -2.42. The first-order chi connectivity index (χ1) is 38.9. The predicted octanol–water partition coefficient (Wildman–Crippen LogP) is 8.83. The van der Waals surface area contributed by atoms with E-state index in [4.69, 9.17) is 0 Å². The third-order valence-electron chi connectivity index (χ3n) is 17.9. The summed E-state index contributed by atoms with van der Waals surface area (Å²) < 4.78 is 0. The van der Waals surface area contributed by atoms with Crippen molar-refractivity contribution in [2.24, 2.45) is 11.8 Å². The van der Waals surface area contributed by atoms with Crippen molar-refractivity contribution in [2.75, 3.05) is 53.4 Å². The molecule has 2 aliphatic carbocycles. The summed E-state index contributed by atoms with van der Waals surface area (Å²) in [7, 11) is 3.51. The molecule has 2 saturated carbocycles. The number of carbonyl (C=O) groups excluding carboxylic acids is 6. The lowest BCUT2D eigenvalue weighted by Crippen LogP contribution is -2.60. The molecule has 4 aromatic carbocycles. The van der Waals surface area contributed by atoms with Crippen LogP contribution >= 0.6 is 0 Å². The van der Waals surface area contributed by atoms with Gasteiger partial charge in [0.05, 0.1) is 12.1 Å². The minimum absolute atomic E-state index is 0.0327. The quantitative estimate of drug-likeness (QED) is 0.0573. The lowest BCUT2D eigenvalue weighted by molar-refractivity contribution is -0.142. The van der Waals surface area contributed by atoms with Gasteiger partial charge in [-0.3, -0.25) is 28.8 Å². The molecule has 80 heavy (non-hydrogen) atoms. The van der Waals surface area contributed by atoms with Crippen molar-refractivity contribution in [3.8, 4) is 11.1 Å². The summed E-state index contributed by atoms with van der Waals surface area (Å²) in [5.41, 5.74) is 5.18. The Balaban J connectivity index is 0.985. The van der Waals surface area contributed by atoms with Crippen LogP contribution in [0.5, 0.6) is 0 Å². The van der Waals surface area contributed by atoms with Gasteiger partial charge in [0, 0.05) is 62.5 Å². The Morgan fingerprint density at radius 1 is 0.463 bits per heavy atom. The van der Waals surface area contributed by atoms with E-state index in [-0.39, 0.29) is 59.4 Å². The average molecular weight is 1090 g/mol. The van der Waals surface area contributed by atoms with Crippen LogP contribution in [0.15, 0.2) is 109 Å². The van der Waals surface area contributed by atoms with Crippen LogP contribution in [0.2, 0.25) is 0 Å². The highest BCUT2D eigenvalue weighted by molar-refractivity contribution is 5.96. The second-order valence-corrected chi connectivity index (χ2v) is 23.3. The monoisotopic (exact) mass is 1090 g/mol. The molecule has 0 radical (unpaired) electrons. The third-order valence-corrected chi connectivity index (χ3v) is 17.9. The van der Waals surface area contributed by atoms with E-state index in [0.29, 0.717) is 63.2 Å². The van der Waals surface area contributed by atoms with Gasteiger partial charge in [-0.25, -0.2) is 0 Å². The highest BCUT2D eigenvalue weighted by atomic mass is 16.2. The number of amides is 6. The highest BCUT2D eigenvalue weighted by Crippen LogP contribution is 2.32. The van der Waals surface area contributed by atoms with Gasteiger partial charge in [0.25, 0.3) is 11.8 Å². The first-order valence-corrected chi connectivity index (χ1v) is 30.4. The van der Waals surface area contributed by atoms with Gasteiger partial charge in [0.1, 0.15) is 12.1 Å². The number of likely N-dealkylation sites (tertiary alicyclic amines) is 2. The standard InChI is InChI=1S/C66H90N8O6/c1-47(67-3)61(75)69-59(53-25-13-7-14-26-53)65(79)73-41-19-17-29-57(73)45-71(43-39-49-21-9-5-10-22-49)63(77)55-35-31-51(32-36-55)52-33-37-56(38-34-52)64(78)72(44-40-50-23-11-6-12-24-50)46-58-30-18-20-42-74(58)66(80)60(54-27-15-8-16-28-54)70-62(76)48(2)68-4/h5-6,9-12,21-24,31-38,47-48,53-54,57-60,67-68H,7-8,13-20,25-30,39-46H2,1-4H3,(H,69,75)(H,70,76)/t47-,48-,57-,58-,59-,60-/m0/s1. The maximum absolute atomic E-state index is 14.8. The molecule has 4 N–H and O–H groups in total. The second-order valence-electron chi connectivity index (χ2n) is 23.3. The van der Waals surface area contributed by atoms with Crippen molar-refractivity contribution in [3.05, 3.63) is 131 Å². The molecule has 2 heterocycles. The third kappa shape index (κ3) is 16.0. The van der Waals surface area contributed by atoms with E-state index in [2.05, 4.69) is 45.5 Å². The minimum atomic E-state index is -0.602. The molecule has 4 aliphatic rings. The van der Waals surface area contributed by atoms with Gasteiger partial charge in [-0.15, -0.1) is 0 Å². The molecule has 2 saturated heterocycles. The topological polar surface area (TPSA) is 163 Å². The van der Waals surface area contributed by atoms with Crippen LogP contribution in [-0.4, -0.2) is 145 Å². The first kappa shape index (κ1) is 59.7. The molecule has 0 spiro atoms. The van der Waals surface area contributed by atoms with Gasteiger partial charge in [0.15, 0.2) is 0 Å². The van der Waals surface area contributed by atoms with Gasteiger partial charge >= 0.3 is 0 Å². The van der Waals surface area contributed by atoms with Crippen LogP contribution in [-0.2, 0) is 32.0 Å². The summed E-state index contributed by atoms with van der Waals surface area (Å²) >= 11 is 0. The molecular weight excluding hydrogens is 1000 g/mol. The van der Waals surface area contributed by atoms with Crippen LogP contribution in [0.1, 0.15) is 148 Å². The van der Waals surface area contributed by atoms with E-state index >= 15 is 0 Å². The number of hydrogen-bond acceptors (Lipinski definition) is 8. The Hall–Kier alpha value is -6.38. The number of benzene rings is 4. The summed E-state index contributed by atoms with van der Waals surface area (Å²) in [4.78, 5) is 93.6. The van der Waals surface area contributed by atoms with Crippen LogP contribution in [0.4, 0.5) is 0 Å². The predicted molar refractivity (Wildman–Crippen MR) is 317 cm³/mol. The number of nitrogens with one attached hydrogen (secondary N) is 4. The van der Waals surface area contributed by atoms with Crippen molar-refractivity contribution in [3.63, 3.8) is 0 Å². The molecule has 6 atom stereocenters. The zero-order valence-electron chi connectivity index (χ0n) is 48.2. The van der Waals surface area contributed by atoms with Crippen LogP contribution < -0.4 is 21.3 Å². The van der Waals surface area contributed by atoms with Gasteiger partial charge in [-0.05, 0) is 163 Å². The van der Waals surface area contributed by atoms with Gasteiger partial charge in [-0.2, -0.15) is 0 Å².